The normalized spacial score (nSPS) is 28.0. The van der Waals surface area contributed by atoms with Gasteiger partial charge < -0.3 is 19.7 Å². The van der Waals surface area contributed by atoms with Crippen molar-refractivity contribution in [3.8, 4) is 0 Å². The molecule has 2 saturated heterocycles. The van der Waals surface area contributed by atoms with E-state index in [0.717, 1.165) is 19.5 Å². The van der Waals surface area contributed by atoms with Crippen LogP contribution < -0.4 is 5.32 Å². The van der Waals surface area contributed by atoms with Crippen molar-refractivity contribution in [2.45, 2.75) is 78.2 Å². The standard InChI is InChI=1S/C20H37N3O4/c1-14-13-22(18(25)27-20(5,6)7)8-9-23(14)16-10-15(11-21-12-16)17(24)26-19(2,3)4/h14-16,21H,8-13H2,1-7H3/t14-,15-,16+/m0/s1. The van der Waals surface area contributed by atoms with Crippen molar-refractivity contribution in [1.82, 2.24) is 15.1 Å². The summed E-state index contributed by atoms with van der Waals surface area (Å²) in [5.41, 5.74) is -0.943. The molecule has 1 N–H and O–H groups in total. The van der Waals surface area contributed by atoms with Gasteiger partial charge in [0.2, 0.25) is 0 Å². The van der Waals surface area contributed by atoms with E-state index >= 15 is 0 Å². The van der Waals surface area contributed by atoms with Gasteiger partial charge in [0.1, 0.15) is 11.2 Å². The molecule has 0 unspecified atom stereocenters. The number of rotatable bonds is 2. The SMILES string of the molecule is C[C@H]1CN(C(=O)OC(C)(C)C)CCN1[C@H]1CNC[C@@H](C(=O)OC(C)(C)C)C1. The minimum absolute atomic E-state index is 0.125. The van der Waals surface area contributed by atoms with Crippen molar-refractivity contribution < 1.29 is 19.1 Å². The van der Waals surface area contributed by atoms with Crippen molar-refractivity contribution in [3.63, 3.8) is 0 Å². The van der Waals surface area contributed by atoms with E-state index in [1.165, 1.54) is 0 Å². The minimum Gasteiger partial charge on any atom is -0.460 e. The summed E-state index contributed by atoms with van der Waals surface area (Å²) in [6, 6.07) is 0.488. The molecule has 2 aliphatic rings. The summed E-state index contributed by atoms with van der Waals surface area (Å²) in [6.45, 7) is 17.1. The van der Waals surface area contributed by atoms with Crippen LogP contribution in [0.15, 0.2) is 0 Å². The smallest absolute Gasteiger partial charge is 0.410 e. The van der Waals surface area contributed by atoms with E-state index in [4.69, 9.17) is 9.47 Å². The van der Waals surface area contributed by atoms with Crippen LogP contribution >= 0.6 is 0 Å². The zero-order valence-electron chi connectivity index (χ0n) is 18.0. The zero-order valence-corrected chi connectivity index (χ0v) is 18.0. The molecule has 0 bridgehead atoms. The third kappa shape index (κ3) is 6.64. The average molecular weight is 384 g/mol. The second kappa shape index (κ2) is 8.35. The lowest BCUT2D eigenvalue weighted by Crippen LogP contribution is -2.61. The first kappa shape index (κ1) is 22.0. The maximum absolute atomic E-state index is 12.4. The molecule has 27 heavy (non-hydrogen) atoms. The Hall–Kier alpha value is -1.34. The van der Waals surface area contributed by atoms with Gasteiger partial charge in [0.15, 0.2) is 0 Å². The molecule has 0 radical (unpaired) electrons. The van der Waals surface area contributed by atoms with Gasteiger partial charge in [-0.05, 0) is 54.9 Å². The average Bonchev–Trinajstić information content (AvgIpc) is 2.51. The predicted molar refractivity (Wildman–Crippen MR) is 105 cm³/mol. The number of piperazine rings is 1. The molecule has 0 aromatic carbocycles. The largest absolute Gasteiger partial charge is 0.460 e. The maximum atomic E-state index is 12.4. The number of hydrogen-bond donors (Lipinski definition) is 1. The van der Waals surface area contributed by atoms with Crippen molar-refractivity contribution in [3.05, 3.63) is 0 Å². The number of amides is 1. The van der Waals surface area contributed by atoms with Crippen LogP contribution in [0.3, 0.4) is 0 Å². The minimum atomic E-state index is -0.481. The molecular weight excluding hydrogens is 346 g/mol. The Morgan fingerprint density at radius 2 is 1.59 bits per heavy atom. The lowest BCUT2D eigenvalue weighted by molar-refractivity contribution is -0.161. The molecule has 3 atom stereocenters. The monoisotopic (exact) mass is 383 g/mol. The summed E-state index contributed by atoms with van der Waals surface area (Å²) >= 11 is 0. The van der Waals surface area contributed by atoms with Gasteiger partial charge in [-0.25, -0.2) is 4.79 Å². The lowest BCUT2D eigenvalue weighted by atomic mass is 9.93. The molecule has 0 aliphatic carbocycles. The number of ether oxygens (including phenoxy) is 2. The molecule has 2 heterocycles. The molecule has 0 aromatic heterocycles. The van der Waals surface area contributed by atoms with Gasteiger partial charge in [-0.1, -0.05) is 0 Å². The van der Waals surface area contributed by atoms with Crippen molar-refractivity contribution in [2.24, 2.45) is 5.92 Å². The predicted octanol–water partition coefficient (Wildman–Crippen LogP) is 2.25. The summed E-state index contributed by atoms with van der Waals surface area (Å²) in [5.74, 6) is -0.251. The molecule has 7 nitrogen and oxygen atoms in total. The number of nitrogens with one attached hydrogen (secondary N) is 1. The molecular formula is C20H37N3O4. The first-order valence-corrected chi connectivity index (χ1v) is 10.0. The second-order valence-corrected chi connectivity index (χ2v) is 9.79. The van der Waals surface area contributed by atoms with Gasteiger partial charge in [-0.2, -0.15) is 0 Å². The van der Waals surface area contributed by atoms with Crippen LogP contribution in [0.5, 0.6) is 0 Å². The van der Waals surface area contributed by atoms with E-state index in [-0.39, 0.29) is 30.1 Å². The summed E-state index contributed by atoms with van der Waals surface area (Å²) in [6.07, 6.45) is 0.543. The van der Waals surface area contributed by atoms with Gasteiger partial charge in [0.25, 0.3) is 0 Å². The fourth-order valence-corrected chi connectivity index (χ4v) is 3.74. The second-order valence-electron chi connectivity index (χ2n) is 9.79. The lowest BCUT2D eigenvalue weighted by Gasteiger charge is -2.46. The Balaban J connectivity index is 1.91. The third-order valence-corrected chi connectivity index (χ3v) is 4.87. The highest BCUT2D eigenvalue weighted by Crippen LogP contribution is 2.24. The fourth-order valence-electron chi connectivity index (χ4n) is 3.74. The summed E-state index contributed by atoms with van der Waals surface area (Å²) in [4.78, 5) is 29.0. The Bertz CT molecular complexity index is 538. The van der Waals surface area contributed by atoms with Crippen molar-refractivity contribution in [1.29, 1.82) is 0 Å². The van der Waals surface area contributed by atoms with Gasteiger partial charge in [0, 0.05) is 44.8 Å². The van der Waals surface area contributed by atoms with Crippen LogP contribution in [-0.4, -0.2) is 77.9 Å². The van der Waals surface area contributed by atoms with Crippen LogP contribution in [-0.2, 0) is 14.3 Å². The number of carbonyl (C=O) groups excluding carboxylic acids is 2. The summed E-state index contributed by atoms with van der Waals surface area (Å²) < 4.78 is 11.1. The Kier molecular flexibility index (Phi) is 6.79. The van der Waals surface area contributed by atoms with Gasteiger partial charge in [-0.15, -0.1) is 0 Å². The molecule has 0 aromatic rings. The molecule has 2 rings (SSSR count). The van der Waals surface area contributed by atoms with Crippen LogP contribution in [0.1, 0.15) is 54.9 Å². The molecule has 7 heteroatoms. The van der Waals surface area contributed by atoms with E-state index in [2.05, 4.69) is 17.1 Å². The zero-order chi connectivity index (χ0) is 20.4. The molecule has 156 valence electrons. The van der Waals surface area contributed by atoms with Crippen LogP contribution in [0, 0.1) is 5.92 Å². The quantitative estimate of drug-likeness (QED) is 0.738. The van der Waals surface area contributed by atoms with Gasteiger partial charge in [0.05, 0.1) is 5.92 Å². The van der Waals surface area contributed by atoms with Gasteiger partial charge in [-0.3, -0.25) is 9.69 Å². The van der Waals surface area contributed by atoms with Crippen LogP contribution in [0.4, 0.5) is 4.79 Å². The van der Waals surface area contributed by atoms with E-state index in [1.807, 2.05) is 41.5 Å². The van der Waals surface area contributed by atoms with Crippen molar-refractivity contribution in [2.75, 3.05) is 32.7 Å². The number of carbonyl (C=O) groups is 2. The Morgan fingerprint density at radius 3 is 2.15 bits per heavy atom. The maximum Gasteiger partial charge on any atom is 0.410 e. The van der Waals surface area contributed by atoms with E-state index in [9.17, 15) is 9.59 Å². The third-order valence-electron chi connectivity index (χ3n) is 4.87. The number of piperidine rings is 1. The fraction of sp³-hybridized carbons (Fsp3) is 0.900. The summed E-state index contributed by atoms with van der Waals surface area (Å²) in [5, 5.41) is 3.39. The van der Waals surface area contributed by atoms with Crippen molar-refractivity contribution >= 4 is 12.1 Å². The highest BCUT2D eigenvalue weighted by atomic mass is 16.6. The van der Waals surface area contributed by atoms with Gasteiger partial charge >= 0.3 is 12.1 Å². The Morgan fingerprint density at radius 1 is 0.963 bits per heavy atom. The first-order valence-electron chi connectivity index (χ1n) is 10.0. The molecule has 0 spiro atoms. The van der Waals surface area contributed by atoms with E-state index < -0.39 is 11.2 Å². The molecule has 1 amide bonds. The number of esters is 1. The molecule has 2 aliphatic heterocycles. The first-order chi connectivity index (χ1) is 12.4. The van der Waals surface area contributed by atoms with E-state index in [1.54, 1.807) is 4.90 Å². The Labute approximate surface area is 163 Å². The molecule has 2 fully saturated rings. The molecule has 0 saturated carbocycles. The van der Waals surface area contributed by atoms with Crippen LogP contribution in [0.2, 0.25) is 0 Å². The highest BCUT2D eigenvalue weighted by molar-refractivity contribution is 5.73. The van der Waals surface area contributed by atoms with E-state index in [0.29, 0.717) is 19.6 Å². The number of nitrogens with zero attached hydrogens (tertiary/aromatic N) is 2. The number of hydrogen-bond acceptors (Lipinski definition) is 6. The highest BCUT2D eigenvalue weighted by Gasteiger charge is 2.37. The topological polar surface area (TPSA) is 71.1 Å². The van der Waals surface area contributed by atoms with Crippen LogP contribution in [0.25, 0.3) is 0 Å². The summed E-state index contributed by atoms with van der Waals surface area (Å²) in [7, 11) is 0.